The first-order valence-electron chi connectivity index (χ1n) is 9.03. The molecule has 7 nitrogen and oxygen atoms in total. The molecule has 1 aromatic heterocycles. The van der Waals surface area contributed by atoms with Crippen LogP contribution in [0.5, 0.6) is 5.75 Å². The van der Waals surface area contributed by atoms with Crippen molar-refractivity contribution in [2.45, 2.75) is 56.2 Å². The summed E-state index contributed by atoms with van der Waals surface area (Å²) in [6.07, 6.45) is 6.12. The first-order valence-corrected chi connectivity index (χ1v) is 10.5. The lowest BCUT2D eigenvalue weighted by atomic mass is 10.3. The van der Waals surface area contributed by atoms with Crippen molar-refractivity contribution in [2.75, 3.05) is 0 Å². The largest absolute Gasteiger partial charge is 0.490 e. The fourth-order valence-electron chi connectivity index (χ4n) is 2.99. The number of hydrogen-bond donors (Lipinski definition) is 2. The number of sulfonamides is 1. The van der Waals surface area contributed by atoms with Crippen LogP contribution >= 0.6 is 0 Å². The summed E-state index contributed by atoms with van der Waals surface area (Å²) in [4.78, 5) is 12.2. The second kappa shape index (κ2) is 8.58. The third kappa shape index (κ3) is 5.33. The molecule has 1 atom stereocenters. The van der Waals surface area contributed by atoms with Crippen LogP contribution in [0.3, 0.4) is 0 Å². The highest BCUT2D eigenvalue weighted by Crippen LogP contribution is 2.25. The lowest BCUT2D eigenvalue weighted by Gasteiger charge is -2.15. The maximum atomic E-state index is 12.5. The fraction of sp³-hybridized carbons (Fsp3) is 0.421. The molecule has 1 aliphatic carbocycles. The van der Waals surface area contributed by atoms with Crippen molar-refractivity contribution in [2.24, 2.45) is 0 Å². The molecular weight excluding hydrogens is 368 g/mol. The Hall–Kier alpha value is -2.32. The zero-order chi connectivity index (χ0) is 19.3. The van der Waals surface area contributed by atoms with Crippen LogP contribution < -0.4 is 14.8 Å². The molecule has 0 bridgehead atoms. The minimum absolute atomic E-state index is 0.0898. The third-order valence-electron chi connectivity index (χ3n) is 4.48. The van der Waals surface area contributed by atoms with E-state index in [-0.39, 0.29) is 17.5 Å². The van der Waals surface area contributed by atoms with Gasteiger partial charge in [-0.05, 0) is 69.0 Å². The van der Waals surface area contributed by atoms with E-state index in [1.807, 2.05) is 0 Å². The van der Waals surface area contributed by atoms with Crippen molar-refractivity contribution in [1.82, 2.24) is 10.0 Å². The van der Waals surface area contributed by atoms with E-state index in [1.165, 1.54) is 38.2 Å². The molecule has 0 saturated heterocycles. The molecule has 1 amide bonds. The van der Waals surface area contributed by atoms with Gasteiger partial charge in [-0.15, -0.1) is 0 Å². The van der Waals surface area contributed by atoms with Gasteiger partial charge in [0.25, 0.3) is 0 Å². The fourth-order valence-corrected chi connectivity index (χ4v) is 4.19. The van der Waals surface area contributed by atoms with Gasteiger partial charge < -0.3 is 14.5 Å². The summed E-state index contributed by atoms with van der Waals surface area (Å²) in [7, 11) is -3.81. The van der Waals surface area contributed by atoms with Gasteiger partial charge in [-0.25, -0.2) is 8.42 Å². The molecule has 27 heavy (non-hydrogen) atoms. The topological polar surface area (TPSA) is 97.6 Å². The van der Waals surface area contributed by atoms with Crippen molar-refractivity contribution >= 4 is 15.9 Å². The summed E-state index contributed by atoms with van der Waals surface area (Å²) in [5.74, 6) is 0.817. The van der Waals surface area contributed by atoms with E-state index in [9.17, 15) is 13.2 Å². The first kappa shape index (κ1) is 19.4. The number of amides is 1. The monoisotopic (exact) mass is 392 g/mol. The number of hydrogen-bond acceptors (Lipinski definition) is 5. The number of nitrogens with one attached hydrogen (secondary N) is 2. The van der Waals surface area contributed by atoms with Crippen LogP contribution in [0.2, 0.25) is 0 Å². The van der Waals surface area contributed by atoms with Gasteiger partial charge in [-0.1, -0.05) is 0 Å². The first-order chi connectivity index (χ1) is 12.9. The summed E-state index contributed by atoms with van der Waals surface area (Å²) in [6, 6.07) is 8.79. The molecule has 1 fully saturated rings. The van der Waals surface area contributed by atoms with Crippen molar-refractivity contribution in [3.05, 3.63) is 48.4 Å². The van der Waals surface area contributed by atoms with E-state index >= 15 is 0 Å². The Kier molecular flexibility index (Phi) is 6.18. The molecule has 1 aliphatic rings. The lowest BCUT2D eigenvalue weighted by Crippen LogP contribution is -2.44. The Morgan fingerprint density at radius 3 is 2.56 bits per heavy atom. The van der Waals surface area contributed by atoms with Gasteiger partial charge in [0.1, 0.15) is 11.5 Å². The predicted octanol–water partition coefficient (Wildman–Crippen LogP) is 2.58. The van der Waals surface area contributed by atoms with Crippen LogP contribution in [0.15, 0.2) is 52.0 Å². The second-order valence-electron chi connectivity index (χ2n) is 6.64. The van der Waals surface area contributed by atoms with Crippen LogP contribution in [0, 0.1) is 0 Å². The van der Waals surface area contributed by atoms with Crippen molar-refractivity contribution in [3.8, 4) is 5.75 Å². The zero-order valence-electron chi connectivity index (χ0n) is 15.2. The van der Waals surface area contributed by atoms with Gasteiger partial charge in [0.2, 0.25) is 15.9 Å². The SMILES string of the molecule is C[C@H](NS(=O)(=O)c1ccc(OC2CCCC2)cc1)C(=O)NCc1ccco1. The average Bonchev–Trinajstić information content (AvgIpc) is 3.33. The molecule has 146 valence electrons. The Balaban J connectivity index is 1.55. The lowest BCUT2D eigenvalue weighted by molar-refractivity contribution is -0.122. The van der Waals surface area contributed by atoms with Crippen LogP contribution in [0.25, 0.3) is 0 Å². The zero-order valence-corrected chi connectivity index (χ0v) is 16.0. The van der Waals surface area contributed by atoms with E-state index in [4.69, 9.17) is 9.15 Å². The van der Waals surface area contributed by atoms with E-state index in [0.29, 0.717) is 11.5 Å². The predicted molar refractivity (Wildman–Crippen MR) is 99.7 cm³/mol. The second-order valence-corrected chi connectivity index (χ2v) is 8.35. The highest BCUT2D eigenvalue weighted by atomic mass is 32.2. The van der Waals surface area contributed by atoms with E-state index in [2.05, 4.69) is 10.0 Å². The number of ether oxygens (including phenoxy) is 1. The van der Waals surface area contributed by atoms with Crippen molar-refractivity contribution in [1.29, 1.82) is 0 Å². The van der Waals surface area contributed by atoms with Gasteiger partial charge in [0.05, 0.1) is 29.8 Å². The molecule has 2 N–H and O–H groups in total. The number of benzene rings is 1. The molecule has 8 heteroatoms. The quantitative estimate of drug-likeness (QED) is 0.720. The van der Waals surface area contributed by atoms with E-state index in [0.717, 1.165) is 12.8 Å². The highest BCUT2D eigenvalue weighted by Gasteiger charge is 2.22. The number of carbonyl (C=O) groups excluding carboxylic acids is 1. The molecular formula is C19H24N2O5S. The normalized spacial score (nSPS) is 16.2. The molecule has 1 heterocycles. The summed E-state index contributed by atoms with van der Waals surface area (Å²) in [5, 5.41) is 2.63. The molecule has 0 spiro atoms. The van der Waals surface area contributed by atoms with Gasteiger partial charge in [-0.3, -0.25) is 4.79 Å². The Morgan fingerprint density at radius 2 is 1.93 bits per heavy atom. The third-order valence-corrected chi connectivity index (χ3v) is 6.04. The van der Waals surface area contributed by atoms with Gasteiger partial charge in [0.15, 0.2) is 0 Å². The molecule has 0 radical (unpaired) electrons. The summed E-state index contributed by atoms with van der Waals surface area (Å²) >= 11 is 0. The maximum Gasteiger partial charge on any atom is 0.241 e. The smallest absolute Gasteiger partial charge is 0.241 e. The van der Waals surface area contributed by atoms with Crippen molar-refractivity contribution in [3.63, 3.8) is 0 Å². The van der Waals surface area contributed by atoms with Crippen LogP contribution in [-0.2, 0) is 21.4 Å². The molecule has 1 saturated carbocycles. The molecule has 2 aromatic rings. The summed E-state index contributed by atoms with van der Waals surface area (Å²) < 4.78 is 38.3. The molecule has 0 aliphatic heterocycles. The van der Waals surface area contributed by atoms with E-state index < -0.39 is 22.0 Å². The Bertz CT molecular complexity index is 841. The molecule has 1 aromatic carbocycles. The summed E-state index contributed by atoms with van der Waals surface area (Å²) in [6.45, 7) is 1.69. The minimum Gasteiger partial charge on any atom is -0.490 e. The Morgan fingerprint density at radius 1 is 1.22 bits per heavy atom. The van der Waals surface area contributed by atoms with Gasteiger partial charge in [0, 0.05) is 0 Å². The van der Waals surface area contributed by atoms with Gasteiger partial charge in [-0.2, -0.15) is 4.72 Å². The average molecular weight is 392 g/mol. The summed E-state index contributed by atoms with van der Waals surface area (Å²) in [5.41, 5.74) is 0. The number of furan rings is 1. The standard InChI is InChI=1S/C19H24N2O5S/c1-14(19(22)20-13-17-7-4-12-25-17)21-27(23,24)18-10-8-16(9-11-18)26-15-5-2-3-6-15/h4,7-12,14-15,21H,2-3,5-6,13H2,1H3,(H,20,22)/t14-/m0/s1. The van der Waals surface area contributed by atoms with Crippen LogP contribution in [0.4, 0.5) is 0 Å². The highest BCUT2D eigenvalue weighted by molar-refractivity contribution is 7.89. The minimum atomic E-state index is -3.81. The van der Waals surface area contributed by atoms with E-state index in [1.54, 1.807) is 24.3 Å². The Labute approximate surface area is 159 Å². The van der Waals surface area contributed by atoms with Crippen LogP contribution in [-0.4, -0.2) is 26.5 Å². The van der Waals surface area contributed by atoms with Crippen LogP contribution in [0.1, 0.15) is 38.4 Å². The molecule has 0 unspecified atom stereocenters. The van der Waals surface area contributed by atoms with Crippen molar-refractivity contribution < 1.29 is 22.4 Å². The number of rotatable bonds is 8. The maximum absolute atomic E-state index is 12.5. The molecule has 3 rings (SSSR count). The van der Waals surface area contributed by atoms with Gasteiger partial charge >= 0.3 is 0 Å². The number of carbonyl (C=O) groups is 1.